The summed E-state index contributed by atoms with van der Waals surface area (Å²) in [6, 6.07) is 1.70. The zero-order chi connectivity index (χ0) is 13.5. The van der Waals surface area contributed by atoms with Gasteiger partial charge in [0, 0.05) is 23.4 Å². The molecule has 1 rings (SSSR count). The third-order valence-electron chi connectivity index (χ3n) is 2.05. The lowest BCUT2D eigenvalue weighted by Crippen LogP contribution is -2.08. The van der Waals surface area contributed by atoms with Gasteiger partial charge in [-0.1, -0.05) is 12.7 Å². The summed E-state index contributed by atoms with van der Waals surface area (Å²) < 4.78 is 0. The Morgan fingerprint density at radius 3 is 2.83 bits per heavy atom. The van der Waals surface area contributed by atoms with E-state index in [1.165, 1.54) is 11.3 Å². The number of nitrogens with one attached hydrogen (secondary N) is 1. The number of rotatable bonds is 6. The number of nitrogens with two attached hydrogens (primary N) is 1. The van der Waals surface area contributed by atoms with Gasteiger partial charge in [0.05, 0.1) is 16.8 Å². The van der Waals surface area contributed by atoms with Crippen LogP contribution in [0, 0.1) is 6.92 Å². The zero-order valence-corrected chi connectivity index (χ0v) is 10.8. The fourth-order valence-corrected chi connectivity index (χ4v) is 2.18. The van der Waals surface area contributed by atoms with Gasteiger partial charge in [0.15, 0.2) is 0 Å². The molecule has 0 aliphatic rings. The van der Waals surface area contributed by atoms with Crippen LogP contribution >= 0.6 is 11.3 Å². The molecule has 0 fully saturated rings. The molecular formula is C12H14N4OS. The van der Waals surface area contributed by atoms with Crippen LogP contribution in [0.25, 0.3) is 5.70 Å². The number of primary amides is 1. The number of amides is 1. The lowest BCUT2D eigenvalue weighted by Gasteiger charge is -2.03. The molecule has 0 atom stereocenters. The molecule has 1 heterocycles. The number of hydrazone groups is 1. The molecule has 1 aromatic heterocycles. The Morgan fingerprint density at radius 2 is 2.33 bits per heavy atom. The lowest BCUT2D eigenvalue weighted by molar-refractivity contribution is 0.100. The van der Waals surface area contributed by atoms with E-state index < -0.39 is 5.91 Å². The largest absolute Gasteiger partial charge is 0.365 e. The second kappa shape index (κ2) is 6.51. The van der Waals surface area contributed by atoms with Gasteiger partial charge >= 0.3 is 0 Å². The second-order valence-electron chi connectivity index (χ2n) is 3.29. The van der Waals surface area contributed by atoms with Crippen LogP contribution in [0.4, 0.5) is 0 Å². The van der Waals surface area contributed by atoms with Crippen LogP contribution in [-0.4, -0.2) is 18.8 Å². The average Bonchev–Trinajstić information content (AvgIpc) is 2.71. The van der Waals surface area contributed by atoms with Crippen molar-refractivity contribution in [2.75, 3.05) is 0 Å². The fraction of sp³-hybridized carbons (Fsp3) is 0.0833. The highest BCUT2D eigenvalue weighted by Crippen LogP contribution is 2.26. The molecule has 1 amide bonds. The second-order valence-corrected chi connectivity index (χ2v) is 4.55. The summed E-state index contributed by atoms with van der Waals surface area (Å²) in [5.41, 5.74) is 9.44. The molecule has 0 spiro atoms. The molecule has 1 aromatic rings. The highest BCUT2D eigenvalue weighted by atomic mass is 32.1. The van der Waals surface area contributed by atoms with Crippen molar-refractivity contribution in [3.63, 3.8) is 0 Å². The third kappa shape index (κ3) is 3.39. The van der Waals surface area contributed by atoms with Crippen LogP contribution in [0.15, 0.2) is 35.0 Å². The van der Waals surface area contributed by atoms with Crippen molar-refractivity contribution in [1.29, 1.82) is 0 Å². The maximum Gasteiger partial charge on any atom is 0.258 e. The van der Waals surface area contributed by atoms with Crippen LogP contribution in [0.1, 0.15) is 20.1 Å². The predicted octanol–water partition coefficient (Wildman–Crippen LogP) is 1.92. The highest BCUT2D eigenvalue weighted by Gasteiger charge is 2.12. The Kier molecular flexibility index (Phi) is 5.01. The van der Waals surface area contributed by atoms with Crippen molar-refractivity contribution in [2.45, 2.75) is 6.92 Å². The van der Waals surface area contributed by atoms with Gasteiger partial charge in [-0.15, -0.1) is 11.3 Å². The summed E-state index contributed by atoms with van der Waals surface area (Å²) >= 11 is 1.33. The van der Waals surface area contributed by atoms with Gasteiger partial charge < -0.3 is 5.73 Å². The van der Waals surface area contributed by atoms with E-state index in [0.29, 0.717) is 10.6 Å². The molecule has 0 aliphatic carbocycles. The molecule has 3 N–H and O–H groups in total. The van der Waals surface area contributed by atoms with E-state index in [1.807, 2.05) is 6.92 Å². The van der Waals surface area contributed by atoms with E-state index in [9.17, 15) is 4.79 Å². The molecule has 0 radical (unpaired) electrons. The molecule has 0 aliphatic heterocycles. The number of carbonyl (C=O) groups excluding carboxylic acids is 1. The normalized spacial score (nSPS) is 11.5. The quantitative estimate of drug-likeness (QED) is 0.606. The van der Waals surface area contributed by atoms with Crippen molar-refractivity contribution in [3.05, 3.63) is 40.2 Å². The Morgan fingerprint density at radius 1 is 1.61 bits per heavy atom. The first-order chi connectivity index (χ1) is 8.60. The molecular weight excluding hydrogens is 248 g/mol. The van der Waals surface area contributed by atoms with Crippen molar-refractivity contribution in [1.82, 2.24) is 5.43 Å². The number of thiophene rings is 1. The molecule has 94 valence electrons. The molecule has 0 saturated heterocycles. The van der Waals surface area contributed by atoms with Crippen molar-refractivity contribution >= 4 is 35.9 Å². The molecule has 18 heavy (non-hydrogen) atoms. The smallest absolute Gasteiger partial charge is 0.258 e. The molecule has 0 saturated carbocycles. The van der Waals surface area contributed by atoms with Crippen LogP contribution in [-0.2, 0) is 0 Å². The van der Waals surface area contributed by atoms with E-state index in [2.05, 4.69) is 28.8 Å². The summed E-state index contributed by atoms with van der Waals surface area (Å²) in [6.45, 7) is 8.78. The maximum absolute atomic E-state index is 11.1. The van der Waals surface area contributed by atoms with Gasteiger partial charge in [0.2, 0.25) is 0 Å². The first kappa shape index (κ1) is 13.9. The number of carbonyl (C=O) groups is 1. The minimum Gasteiger partial charge on any atom is -0.365 e. The van der Waals surface area contributed by atoms with Crippen LogP contribution in [0.2, 0.25) is 0 Å². The molecule has 5 nitrogen and oxygen atoms in total. The van der Waals surface area contributed by atoms with Gasteiger partial charge in [0.25, 0.3) is 5.91 Å². The Bertz CT molecular complexity index is 528. The van der Waals surface area contributed by atoms with E-state index in [4.69, 9.17) is 5.73 Å². The zero-order valence-electron chi connectivity index (χ0n) is 10.0. The summed E-state index contributed by atoms with van der Waals surface area (Å²) in [6.07, 6.45) is 4.68. The number of nitrogens with zero attached hydrogens (tertiary/aromatic N) is 2. The number of aryl methyl sites for hydroxylation is 1. The minimum absolute atomic E-state index is 0.449. The number of hydrogen-bond donors (Lipinski definition) is 2. The first-order valence-electron chi connectivity index (χ1n) is 5.06. The topological polar surface area (TPSA) is 79.8 Å². The average molecular weight is 262 g/mol. The molecule has 6 heteroatoms. The summed E-state index contributed by atoms with van der Waals surface area (Å²) in [7, 11) is 0. The third-order valence-corrected chi connectivity index (χ3v) is 3.11. The van der Waals surface area contributed by atoms with Gasteiger partial charge in [-0.3, -0.25) is 15.2 Å². The maximum atomic E-state index is 11.1. The van der Waals surface area contributed by atoms with Gasteiger partial charge in [0.1, 0.15) is 0 Å². The predicted molar refractivity (Wildman–Crippen MR) is 76.9 cm³/mol. The standard InChI is InChI=1S/C12H14N4OS/c1-4-5-15-7-10(16-14-3)9-6-11(12(13)17)18-8(9)2/h4-7,16H,1,3H2,2H3,(H2,13,17)/b10-7-,15-5?. The van der Waals surface area contributed by atoms with Crippen LogP contribution < -0.4 is 11.2 Å². The minimum atomic E-state index is -0.449. The summed E-state index contributed by atoms with van der Waals surface area (Å²) in [5.74, 6) is -0.449. The number of aliphatic imine (C=N–C) groups is 1. The number of hydrogen-bond acceptors (Lipinski definition) is 5. The van der Waals surface area contributed by atoms with E-state index in [1.54, 1.807) is 24.6 Å². The van der Waals surface area contributed by atoms with E-state index in [0.717, 1.165) is 10.4 Å². The van der Waals surface area contributed by atoms with Crippen LogP contribution in [0.5, 0.6) is 0 Å². The van der Waals surface area contributed by atoms with Crippen molar-refractivity contribution < 1.29 is 4.79 Å². The monoisotopic (exact) mass is 262 g/mol. The van der Waals surface area contributed by atoms with Crippen molar-refractivity contribution in [2.24, 2.45) is 15.8 Å². The van der Waals surface area contributed by atoms with Gasteiger partial charge in [-0.25, -0.2) is 0 Å². The highest BCUT2D eigenvalue weighted by molar-refractivity contribution is 7.14. The Labute approximate surface area is 109 Å². The molecule has 0 aromatic carbocycles. The summed E-state index contributed by atoms with van der Waals surface area (Å²) in [4.78, 5) is 16.6. The SMILES string of the molecule is C=CC=N/C=C(\NN=C)c1cc(C(N)=O)sc1C. The number of allylic oxidation sites excluding steroid dienone is 1. The van der Waals surface area contributed by atoms with E-state index >= 15 is 0 Å². The molecule has 0 unspecified atom stereocenters. The fourth-order valence-electron chi connectivity index (χ4n) is 1.29. The molecule has 0 bridgehead atoms. The van der Waals surface area contributed by atoms with Gasteiger partial charge in [-0.2, -0.15) is 5.10 Å². The first-order valence-corrected chi connectivity index (χ1v) is 5.88. The van der Waals surface area contributed by atoms with Gasteiger partial charge in [-0.05, 0) is 13.0 Å². The Balaban J connectivity index is 3.16. The summed E-state index contributed by atoms with van der Waals surface area (Å²) in [5, 5.41) is 3.61. The lowest BCUT2D eigenvalue weighted by atomic mass is 10.2. The van der Waals surface area contributed by atoms with E-state index in [-0.39, 0.29) is 0 Å². The Hall–Kier alpha value is -2.21. The van der Waals surface area contributed by atoms with Crippen molar-refractivity contribution in [3.8, 4) is 0 Å². The van der Waals surface area contributed by atoms with Crippen LogP contribution in [0.3, 0.4) is 0 Å².